The van der Waals surface area contributed by atoms with E-state index in [2.05, 4.69) is 0 Å². The average Bonchev–Trinajstić information content (AvgIpc) is 2.62. The molecule has 0 aliphatic carbocycles. The van der Waals surface area contributed by atoms with E-state index >= 15 is 0 Å². The zero-order valence-corrected chi connectivity index (χ0v) is 9.28. The third kappa shape index (κ3) is 1.42. The fraction of sp³-hybridized carbons (Fsp3) is 0.200. The van der Waals surface area contributed by atoms with Gasteiger partial charge in [-0.25, -0.2) is 0 Å². The number of fused-ring (bicyclic) bond motifs is 1. The summed E-state index contributed by atoms with van der Waals surface area (Å²) >= 11 is 7.69. The first kappa shape index (κ1) is 9.62. The van der Waals surface area contributed by atoms with Crippen molar-refractivity contribution in [2.75, 3.05) is 12.3 Å². The van der Waals surface area contributed by atoms with Crippen molar-refractivity contribution in [3.63, 3.8) is 0 Å². The van der Waals surface area contributed by atoms with Gasteiger partial charge in [0, 0.05) is 10.1 Å². The van der Waals surface area contributed by atoms with Crippen LogP contribution in [-0.4, -0.2) is 6.61 Å². The van der Waals surface area contributed by atoms with Crippen LogP contribution in [0.3, 0.4) is 0 Å². The van der Waals surface area contributed by atoms with Crippen LogP contribution in [-0.2, 0) is 0 Å². The van der Waals surface area contributed by atoms with E-state index in [1.807, 2.05) is 24.4 Å². The highest BCUT2D eigenvalue weighted by atomic mass is 35.5. The number of nitrogen functional groups attached to an aromatic ring is 1. The van der Waals surface area contributed by atoms with Crippen LogP contribution in [0.2, 0.25) is 5.02 Å². The Morgan fingerprint density at radius 3 is 3.07 bits per heavy atom. The number of benzene rings is 1. The Kier molecular flexibility index (Phi) is 2.52. The smallest absolute Gasteiger partial charge is 0.141 e. The summed E-state index contributed by atoms with van der Waals surface area (Å²) in [4.78, 5) is 0. The molecular formula is C10H10ClNOS. The number of hydrogen-bond donors (Lipinski definition) is 1. The molecule has 0 atom stereocenters. The van der Waals surface area contributed by atoms with E-state index in [0.717, 1.165) is 10.1 Å². The zero-order valence-electron chi connectivity index (χ0n) is 7.71. The Morgan fingerprint density at radius 2 is 2.36 bits per heavy atom. The molecule has 2 N–H and O–H groups in total. The third-order valence-electron chi connectivity index (χ3n) is 2.00. The lowest BCUT2D eigenvalue weighted by Crippen LogP contribution is -1.95. The Morgan fingerprint density at radius 1 is 1.57 bits per heavy atom. The first-order chi connectivity index (χ1) is 6.74. The summed E-state index contributed by atoms with van der Waals surface area (Å²) in [5.74, 6) is 0.668. The van der Waals surface area contributed by atoms with Gasteiger partial charge in [-0.1, -0.05) is 11.6 Å². The van der Waals surface area contributed by atoms with Crippen LogP contribution >= 0.6 is 22.9 Å². The molecule has 0 saturated heterocycles. The van der Waals surface area contributed by atoms with Crippen LogP contribution in [0.1, 0.15) is 6.92 Å². The lowest BCUT2D eigenvalue weighted by Gasteiger charge is -2.08. The van der Waals surface area contributed by atoms with Crippen LogP contribution in [0.5, 0.6) is 5.75 Å². The van der Waals surface area contributed by atoms with E-state index in [1.165, 1.54) is 0 Å². The van der Waals surface area contributed by atoms with Crippen LogP contribution in [0.4, 0.5) is 5.69 Å². The molecule has 1 heterocycles. The van der Waals surface area contributed by atoms with Crippen molar-refractivity contribution in [3.8, 4) is 5.75 Å². The number of hydrogen-bond acceptors (Lipinski definition) is 3. The minimum atomic E-state index is 0.512. The number of ether oxygens (including phenoxy) is 1. The average molecular weight is 228 g/mol. The van der Waals surface area contributed by atoms with Gasteiger partial charge in [0.15, 0.2) is 0 Å². The van der Waals surface area contributed by atoms with Crippen LogP contribution in [0.25, 0.3) is 10.1 Å². The van der Waals surface area contributed by atoms with Crippen molar-refractivity contribution in [3.05, 3.63) is 22.5 Å². The second-order valence-electron chi connectivity index (χ2n) is 2.87. The van der Waals surface area contributed by atoms with E-state index in [9.17, 15) is 0 Å². The standard InChI is InChI=1S/C10H10ClNOS/c1-2-13-7-5-8-6(3-4-14-8)10(12)9(7)11/h3-5H,2,12H2,1H3. The number of rotatable bonds is 2. The van der Waals surface area contributed by atoms with Gasteiger partial charge < -0.3 is 10.5 Å². The molecule has 0 aliphatic rings. The van der Waals surface area contributed by atoms with Crippen molar-refractivity contribution >= 4 is 38.7 Å². The molecular weight excluding hydrogens is 218 g/mol. The molecule has 0 fully saturated rings. The zero-order chi connectivity index (χ0) is 10.1. The fourth-order valence-corrected chi connectivity index (χ4v) is 2.39. The lowest BCUT2D eigenvalue weighted by atomic mass is 10.2. The summed E-state index contributed by atoms with van der Waals surface area (Å²) in [6, 6.07) is 3.90. The number of thiophene rings is 1. The molecule has 2 nitrogen and oxygen atoms in total. The SMILES string of the molecule is CCOc1cc2sccc2c(N)c1Cl. The Hall–Kier alpha value is -0.930. The highest BCUT2D eigenvalue weighted by molar-refractivity contribution is 7.17. The van der Waals surface area contributed by atoms with E-state index in [1.54, 1.807) is 11.3 Å². The molecule has 0 radical (unpaired) electrons. The van der Waals surface area contributed by atoms with Gasteiger partial charge in [0.05, 0.1) is 12.3 Å². The Labute approximate surface area is 91.2 Å². The van der Waals surface area contributed by atoms with Gasteiger partial charge in [-0.05, 0) is 24.4 Å². The number of anilines is 1. The molecule has 0 unspecified atom stereocenters. The highest BCUT2D eigenvalue weighted by Gasteiger charge is 2.10. The molecule has 1 aromatic heterocycles. The van der Waals surface area contributed by atoms with Crippen LogP contribution < -0.4 is 10.5 Å². The molecule has 0 aliphatic heterocycles. The molecule has 74 valence electrons. The van der Waals surface area contributed by atoms with Gasteiger partial charge in [-0.3, -0.25) is 0 Å². The van der Waals surface area contributed by atoms with Crippen LogP contribution in [0.15, 0.2) is 17.5 Å². The molecule has 14 heavy (non-hydrogen) atoms. The van der Waals surface area contributed by atoms with Crippen molar-refractivity contribution in [1.82, 2.24) is 0 Å². The summed E-state index contributed by atoms with van der Waals surface area (Å²) < 4.78 is 6.50. The van der Waals surface area contributed by atoms with Crippen molar-refractivity contribution in [2.24, 2.45) is 0 Å². The number of halogens is 1. The molecule has 2 rings (SSSR count). The molecule has 0 amide bonds. The second-order valence-corrected chi connectivity index (χ2v) is 4.19. The predicted molar refractivity (Wildman–Crippen MR) is 62.4 cm³/mol. The number of nitrogens with two attached hydrogens (primary N) is 1. The summed E-state index contributed by atoms with van der Waals surface area (Å²) in [6.45, 7) is 2.52. The summed E-state index contributed by atoms with van der Waals surface area (Å²) in [5.41, 5.74) is 6.49. The van der Waals surface area contributed by atoms with E-state index in [-0.39, 0.29) is 0 Å². The van der Waals surface area contributed by atoms with Gasteiger partial charge in [0.25, 0.3) is 0 Å². The van der Waals surface area contributed by atoms with E-state index in [4.69, 9.17) is 22.1 Å². The molecule has 4 heteroatoms. The second kappa shape index (κ2) is 3.67. The maximum Gasteiger partial charge on any atom is 0.141 e. The van der Waals surface area contributed by atoms with E-state index in [0.29, 0.717) is 23.1 Å². The quantitative estimate of drug-likeness (QED) is 0.797. The van der Waals surface area contributed by atoms with Gasteiger partial charge in [-0.2, -0.15) is 0 Å². The Bertz CT molecular complexity index is 466. The van der Waals surface area contributed by atoms with Gasteiger partial charge in [-0.15, -0.1) is 11.3 Å². The maximum atomic E-state index is 6.06. The minimum Gasteiger partial charge on any atom is -0.492 e. The molecule has 0 saturated carbocycles. The molecule has 0 spiro atoms. The largest absolute Gasteiger partial charge is 0.492 e. The van der Waals surface area contributed by atoms with Gasteiger partial charge in [0.1, 0.15) is 10.8 Å². The molecule has 2 aromatic rings. The topological polar surface area (TPSA) is 35.2 Å². The van der Waals surface area contributed by atoms with Crippen molar-refractivity contribution in [1.29, 1.82) is 0 Å². The normalized spacial score (nSPS) is 10.7. The van der Waals surface area contributed by atoms with Crippen LogP contribution in [0, 0.1) is 0 Å². The highest BCUT2D eigenvalue weighted by Crippen LogP contribution is 2.39. The summed E-state index contributed by atoms with van der Waals surface area (Å²) in [7, 11) is 0. The van der Waals surface area contributed by atoms with Crippen molar-refractivity contribution < 1.29 is 4.74 Å². The first-order valence-corrected chi connectivity index (χ1v) is 5.57. The van der Waals surface area contributed by atoms with Gasteiger partial charge in [0.2, 0.25) is 0 Å². The maximum absolute atomic E-state index is 6.06. The predicted octanol–water partition coefficient (Wildman–Crippen LogP) is 3.54. The summed E-state index contributed by atoms with van der Waals surface area (Å²) in [5, 5.41) is 3.51. The van der Waals surface area contributed by atoms with Gasteiger partial charge >= 0.3 is 0 Å². The molecule has 1 aromatic carbocycles. The minimum absolute atomic E-state index is 0.512. The first-order valence-electron chi connectivity index (χ1n) is 4.32. The summed E-state index contributed by atoms with van der Waals surface area (Å²) in [6.07, 6.45) is 0. The lowest BCUT2D eigenvalue weighted by molar-refractivity contribution is 0.341. The fourth-order valence-electron chi connectivity index (χ4n) is 1.35. The Balaban J connectivity index is 2.67. The van der Waals surface area contributed by atoms with Crippen molar-refractivity contribution in [2.45, 2.75) is 6.92 Å². The monoisotopic (exact) mass is 227 g/mol. The molecule has 0 bridgehead atoms. The third-order valence-corrected chi connectivity index (χ3v) is 3.25. The van der Waals surface area contributed by atoms with E-state index < -0.39 is 0 Å².